The number of nitrogens with one attached hydrogen (secondary N) is 1. The highest BCUT2D eigenvalue weighted by Crippen LogP contribution is 2.31. The number of benzene rings is 2. The minimum Gasteiger partial charge on any atom is -0.311 e. The Morgan fingerprint density at radius 1 is 1.12 bits per heavy atom. The molecule has 0 spiro atoms. The zero-order chi connectivity index (χ0) is 23.0. The Labute approximate surface area is 178 Å². The Kier molecular flexibility index (Phi) is 5.41. The van der Waals surface area contributed by atoms with Crippen LogP contribution < -0.4 is 5.32 Å². The fraction of sp³-hybridized carbons (Fsp3) is 0.190. The van der Waals surface area contributed by atoms with E-state index in [0.29, 0.717) is 5.56 Å². The highest BCUT2D eigenvalue weighted by Gasteiger charge is 2.38. The molecule has 1 amide bonds. The van der Waals surface area contributed by atoms with Gasteiger partial charge in [0.05, 0.1) is 23.8 Å². The van der Waals surface area contributed by atoms with Crippen molar-refractivity contribution in [2.45, 2.75) is 26.2 Å². The van der Waals surface area contributed by atoms with E-state index in [1.54, 1.807) is 19.1 Å². The number of nitrogens with zero attached hydrogens (tertiary/aromatic N) is 4. The fourth-order valence-corrected chi connectivity index (χ4v) is 3.35. The van der Waals surface area contributed by atoms with Crippen LogP contribution in [0.3, 0.4) is 0 Å². The van der Waals surface area contributed by atoms with Crippen LogP contribution in [0.2, 0.25) is 0 Å². The normalized spacial score (nSPS) is 11.8. The Morgan fingerprint density at radius 3 is 2.62 bits per heavy atom. The van der Waals surface area contributed by atoms with Gasteiger partial charge in [0.15, 0.2) is 0 Å². The summed E-state index contributed by atoms with van der Waals surface area (Å²) >= 11 is 0. The van der Waals surface area contributed by atoms with E-state index in [4.69, 9.17) is 0 Å². The van der Waals surface area contributed by atoms with Gasteiger partial charge in [0, 0.05) is 11.1 Å². The van der Waals surface area contributed by atoms with Gasteiger partial charge in [-0.15, -0.1) is 0 Å². The number of fused-ring (bicyclic) bond motifs is 1. The molecule has 0 aliphatic rings. The first-order chi connectivity index (χ1) is 15.1. The molecule has 32 heavy (non-hydrogen) atoms. The van der Waals surface area contributed by atoms with Crippen molar-refractivity contribution in [1.29, 1.82) is 0 Å². The van der Waals surface area contributed by atoms with Gasteiger partial charge in [-0.05, 0) is 37.3 Å². The van der Waals surface area contributed by atoms with Crippen LogP contribution in [0.25, 0.3) is 11.0 Å². The number of halogens is 5. The topological polar surface area (TPSA) is 64.7 Å². The molecule has 0 saturated heterocycles. The van der Waals surface area contributed by atoms with Crippen LogP contribution in [0.5, 0.6) is 0 Å². The van der Waals surface area contributed by atoms with E-state index in [-0.39, 0.29) is 29.0 Å². The molecule has 166 valence electrons. The number of anilines is 1. The summed E-state index contributed by atoms with van der Waals surface area (Å²) in [6.45, 7) is 0.776. The summed E-state index contributed by atoms with van der Waals surface area (Å²) < 4.78 is 69.9. The summed E-state index contributed by atoms with van der Waals surface area (Å²) in [5, 5.41) is 6.58. The van der Waals surface area contributed by atoms with Crippen LogP contribution in [0, 0.1) is 18.6 Å². The summed E-state index contributed by atoms with van der Waals surface area (Å²) in [6, 6.07) is 8.91. The number of hydrogen-bond acceptors (Lipinski definition) is 3. The van der Waals surface area contributed by atoms with Crippen molar-refractivity contribution < 1.29 is 26.7 Å². The zero-order valence-electron chi connectivity index (χ0n) is 16.6. The van der Waals surface area contributed by atoms with Crippen LogP contribution in [0.1, 0.15) is 17.0 Å². The molecule has 6 nitrogen and oxygen atoms in total. The van der Waals surface area contributed by atoms with Gasteiger partial charge in [0.1, 0.15) is 24.0 Å². The maximum absolute atomic E-state index is 14.0. The van der Waals surface area contributed by atoms with Crippen LogP contribution in [-0.4, -0.2) is 25.2 Å². The van der Waals surface area contributed by atoms with E-state index in [1.165, 1.54) is 23.0 Å². The monoisotopic (exact) mass is 449 g/mol. The molecule has 1 N–H and O–H groups in total. The predicted molar refractivity (Wildman–Crippen MR) is 106 cm³/mol. The van der Waals surface area contributed by atoms with Crippen molar-refractivity contribution >= 4 is 22.8 Å². The number of aromatic nitrogens is 4. The van der Waals surface area contributed by atoms with Crippen molar-refractivity contribution in [3.63, 3.8) is 0 Å². The van der Waals surface area contributed by atoms with Crippen molar-refractivity contribution in [3.05, 3.63) is 77.2 Å². The molecule has 0 aliphatic heterocycles. The van der Waals surface area contributed by atoms with Crippen LogP contribution in [0.4, 0.5) is 27.8 Å². The second-order valence-corrected chi connectivity index (χ2v) is 7.13. The Balaban J connectivity index is 1.61. The number of rotatable bonds is 5. The smallest absolute Gasteiger partial charge is 0.311 e. The lowest BCUT2D eigenvalue weighted by molar-refractivity contribution is -0.147. The van der Waals surface area contributed by atoms with Gasteiger partial charge in [-0.2, -0.15) is 18.3 Å². The molecule has 0 fully saturated rings. The van der Waals surface area contributed by atoms with Gasteiger partial charge in [-0.3, -0.25) is 4.79 Å². The minimum atomic E-state index is -4.76. The third-order valence-corrected chi connectivity index (χ3v) is 4.82. The Hall–Kier alpha value is -3.76. The SMILES string of the molecule is Cc1cnn(Cc2cc(F)ccc2F)c1NC(=O)Cn1c(C(F)(F)F)nc2ccccc21. The third kappa shape index (κ3) is 4.18. The first-order valence-electron chi connectivity index (χ1n) is 9.42. The van der Waals surface area contributed by atoms with Crippen LogP contribution in [-0.2, 0) is 24.1 Å². The van der Waals surface area contributed by atoms with Crippen LogP contribution in [0.15, 0.2) is 48.7 Å². The maximum atomic E-state index is 14.0. The first-order valence-corrected chi connectivity index (χ1v) is 9.42. The summed E-state index contributed by atoms with van der Waals surface area (Å²) in [5.41, 5.74) is 0.766. The van der Waals surface area contributed by atoms with E-state index >= 15 is 0 Å². The van der Waals surface area contributed by atoms with Crippen molar-refractivity contribution in [2.24, 2.45) is 0 Å². The molecular formula is C21H16F5N5O. The van der Waals surface area contributed by atoms with E-state index in [1.807, 2.05) is 0 Å². The molecule has 0 radical (unpaired) electrons. The van der Waals surface area contributed by atoms with Crippen molar-refractivity contribution in [3.8, 4) is 0 Å². The summed E-state index contributed by atoms with van der Waals surface area (Å²) in [6.07, 6.45) is -3.35. The third-order valence-electron chi connectivity index (χ3n) is 4.82. The number of carbonyl (C=O) groups excluding carboxylic acids is 1. The highest BCUT2D eigenvalue weighted by atomic mass is 19.4. The average molecular weight is 449 g/mol. The van der Waals surface area contributed by atoms with Crippen molar-refractivity contribution in [1.82, 2.24) is 19.3 Å². The summed E-state index contributed by atoms with van der Waals surface area (Å²) in [7, 11) is 0. The lowest BCUT2D eigenvalue weighted by Gasteiger charge is -2.14. The van der Waals surface area contributed by atoms with E-state index in [0.717, 1.165) is 22.8 Å². The van der Waals surface area contributed by atoms with E-state index in [2.05, 4.69) is 15.4 Å². The number of aryl methyl sites for hydroxylation is 1. The number of para-hydroxylation sites is 2. The number of amides is 1. The van der Waals surface area contributed by atoms with Gasteiger partial charge in [-0.25, -0.2) is 18.4 Å². The van der Waals surface area contributed by atoms with Gasteiger partial charge < -0.3 is 9.88 Å². The molecule has 4 rings (SSSR count). The van der Waals surface area contributed by atoms with Gasteiger partial charge in [-0.1, -0.05) is 12.1 Å². The largest absolute Gasteiger partial charge is 0.449 e. The lowest BCUT2D eigenvalue weighted by atomic mass is 10.2. The number of carbonyl (C=O) groups is 1. The van der Waals surface area contributed by atoms with Crippen molar-refractivity contribution in [2.75, 3.05) is 5.32 Å². The molecule has 11 heteroatoms. The molecule has 4 aromatic rings. The molecule has 0 unspecified atom stereocenters. The van der Waals surface area contributed by atoms with E-state index in [9.17, 15) is 26.7 Å². The van der Waals surface area contributed by atoms with Crippen LogP contribution >= 0.6 is 0 Å². The molecule has 0 atom stereocenters. The summed E-state index contributed by atoms with van der Waals surface area (Å²) in [5.74, 6) is -3.08. The highest BCUT2D eigenvalue weighted by molar-refractivity contribution is 5.91. The second-order valence-electron chi connectivity index (χ2n) is 7.13. The number of alkyl halides is 3. The zero-order valence-corrected chi connectivity index (χ0v) is 16.6. The predicted octanol–water partition coefficient (Wildman–Crippen LogP) is 4.53. The molecule has 0 bridgehead atoms. The summed E-state index contributed by atoms with van der Waals surface area (Å²) in [4.78, 5) is 16.3. The standard InChI is InChI=1S/C21H16F5N5O/c1-12-9-27-31(10-13-8-14(22)6-7-15(13)23)19(12)29-18(32)11-30-17-5-3-2-4-16(17)28-20(30)21(24,25)26/h2-9H,10-11H2,1H3,(H,29,32). The quantitative estimate of drug-likeness (QED) is 0.456. The van der Waals surface area contributed by atoms with Gasteiger partial charge in [0.2, 0.25) is 11.7 Å². The molecule has 0 saturated carbocycles. The molecular weight excluding hydrogens is 433 g/mol. The molecule has 2 aromatic carbocycles. The van der Waals surface area contributed by atoms with E-state index < -0.39 is 36.1 Å². The average Bonchev–Trinajstić information content (AvgIpc) is 3.26. The maximum Gasteiger partial charge on any atom is 0.449 e. The minimum absolute atomic E-state index is 0.00330. The van der Waals surface area contributed by atoms with Gasteiger partial charge >= 0.3 is 6.18 Å². The fourth-order valence-electron chi connectivity index (χ4n) is 3.35. The number of imidazole rings is 1. The lowest BCUT2D eigenvalue weighted by Crippen LogP contribution is -2.25. The number of hydrogen-bond donors (Lipinski definition) is 1. The molecule has 2 heterocycles. The van der Waals surface area contributed by atoms with Gasteiger partial charge in [0.25, 0.3) is 0 Å². The second kappa shape index (κ2) is 8.06. The first kappa shape index (κ1) is 21.5. The Morgan fingerprint density at radius 2 is 1.88 bits per heavy atom. The molecule has 0 aliphatic carbocycles. The molecule has 2 aromatic heterocycles. The Bertz CT molecular complexity index is 1310.